The molecule has 0 saturated carbocycles. The molecule has 0 radical (unpaired) electrons. The van der Waals surface area contributed by atoms with Crippen molar-refractivity contribution in [3.63, 3.8) is 0 Å². The molecule has 0 bridgehead atoms. The minimum atomic E-state index is -1.05. The molecule has 3 rings (SSSR count). The molecule has 5 nitrogen and oxygen atoms in total. The van der Waals surface area contributed by atoms with Gasteiger partial charge in [-0.25, -0.2) is 4.79 Å². The number of carbonyl (C=O) groups is 2. The van der Waals surface area contributed by atoms with Crippen molar-refractivity contribution in [2.45, 2.75) is 25.3 Å². The maximum atomic E-state index is 12.5. The Bertz CT molecular complexity index is 966. The van der Waals surface area contributed by atoms with Gasteiger partial charge in [-0.1, -0.05) is 54.6 Å². The number of aryl methyl sites for hydroxylation is 2. The lowest BCUT2D eigenvalue weighted by Crippen LogP contribution is -2.42. The number of amides is 1. The van der Waals surface area contributed by atoms with E-state index in [-0.39, 0.29) is 12.3 Å². The van der Waals surface area contributed by atoms with Crippen LogP contribution in [0.25, 0.3) is 0 Å². The Morgan fingerprint density at radius 1 is 0.833 bits per heavy atom. The van der Waals surface area contributed by atoms with Crippen LogP contribution in [-0.2, 0) is 24.1 Å². The third-order valence-electron chi connectivity index (χ3n) is 4.96. The SMILES string of the molecule is COc1ccc(CCc2ccc(C(=O)N[C@@H](Cc3ccccc3)C(=O)O)cc2)cc1. The lowest BCUT2D eigenvalue weighted by molar-refractivity contribution is -0.139. The van der Waals surface area contributed by atoms with E-state index in [1.807, 2.05) is 66.7 Å². The summed E-state index contributed by atoms with van der Waals surface area (Å²) in [6.07, 6.45) is 1.97. The van der Waals surface area contributed by atoms with Crippen molar-refractivity contribution < 1.29 is 19.4 Å². The van der Waals surface area contributed by atoms with E-state index in [0.29, 0.717) is 5.56 Å². The van der Waals surface area contributed by atoms with Crippen LogP contribution in [0.2, 0.25) is 0 Å². The van der Waals surface area contributed by atoms with Crippen LogP contribution in [0.5, 0.6) is 5.75 Å². The molecule has 0 aliphatic carbocycles. The Hall–Kier alpha value is -3.60. The highest BCUT2D eigenvalue weighted by molar-refractivity contribution is 5.96. The van der Waals surface area contributed by atoms with Gasteiger partial charge in [0.1, 0.15) is 11.8 Å². The van der Waals surface area contributed by atoms with Gasteiger partial charge in [-0.3, -0.25) is 4.79 Å². The second kappa shape index (κ2) is 10.3. The van der Waals surface area contributed by atoms with Crippen molar-refractivity contribution >= 4 is 11.9 Å². The molecule has 0 saturated heterocycles. The number of carboxylic acid groups (broad SMARTS) is 1. The molecule has 0 aromatic heterocycles. The van der Waals surface area contributed by atoms with E-state index in [2.05, 4.69) is 5.32 Å². The van der Waals surface area contributed by atoms with Crippen molar-refractivity contribution in [2.75, 3.05) is 7.11 Å². The maximum absolute atomic E-state index is 12.5. The number of aliphatic carboxylic acids is 1. The number of ether oxygens (including phenoxy) is 1. The van der Waals surface area contributed by atoms with E-state index >= 15 is 0 Å². The number of rotatable bonds is 9. The van der Waals surface area contributed by atoms with Gasteiger partial charge in [0.15, 0.2) is 0 Å². The van der Waals surface area contributed by atoms with Crippen molar-refractivity contribution in [3.05, 3.63) is 101 Å². The predicted octanol–water partition coefficient (Wildman–Crippen LogP) is 3.91. The topological polar surface area (TPSA) is 75.6 Å². The zero-order chi connectivity index (χ0) is 21.3. The lowest BCUT2D eigenvalue weighted by Gasteiger charge is -2.15. The summed E-state index contributed by atoms with van der Waals surface area (Å²) in [5.41, 5.74) is 3.63. The first-order valence-electron chi connectivity index (χ1n) is 9.84. The van der Waals surface area contributed by atoms with E-state index in [0.717, 1.165) is 29.7 Å². The first-order valence-corrected chi connectivity index (χ1v) is 9.84. The summed E-state index contributed by atoms with van der Waals surface area (Å²) in [6.45, 7) is 0. The van der Waals surface area contributed by atoms with Crippen molar-refractivity contribution in [1.82, 2.24) is 5.32 Å². The van der Waals surface area contributed by atoms with Crippen LogP contribution in [-0.4, -0.2) is 30.1 Å². The molecule has 0 spiro atoms. The van der Waals surface area contributed by atoms with Gasteiger partial charge in [0.2, 0.25) is 0 Å². The highest BCUT2D eigenvalue weighted by Gasteiger charge is 2.21. The van der Waals surface area contributed by atoms with Crippen LogP contribution in [0.4, 0.5) is 0 Å². The lowest BCUT2D eigenvalue weighted by atomic mass is 10.0. The molecule has 5 heteroatoms. The van der Waals surface area contributed by atoms with E-state index in [1.165, 1.54) is 5.56 Å². The third kappa shape index (κ3) is 5.95. The summed E-state index contributed by atoms with van der Waals surface area (Å²) in [4.78, 5) is 24.1. The second-order valence-corrected chi connectivity index (χ2v) is 7.10. The summed E-state index contributed by atoms with van der Waals surface area (Å²) in [6, 6.07) is 23.5. The number of carbonyl (C=O) groups excluding carboxylic acids is 1. The zero-order valence-corrected chi connectivity index (χ0v) is 16.9. The monoisotopic (exact) mass is 403 g/mol. The predicted molar refractivity (Wildman–Crippen MR) is 116 cm³/mol. The van der Waals surface area contributed by atoms with Crippen LogP contribution >= 0.6 is 0 Å². The molecule has 2 N–H and O–H groups in total. The zero-order valence-electron chi connectivity index (χ0n) is 16.9. The fourth-order valence-corrected chi connectivity index (χ4v) is 3.20. The van der Waals surface area contributed by atoms with E-state index < -0.39 is 12.0 Å². The van der Waals surface area contributed by atoms with E-state index in [1.54, 1.807) is 19.2 Å². The molecule has 3 aromatic rings. The average molecular weight is 403 g/mol. The van der Waals surface area contributed by atoms with Gasteiger partial charge in [0.25, 0.3) is 5.91 Å². The summed E-state index contributed by atoms with van der Waals surface area (Å²) in [7, 11) is 1.65. The van der Waals surface area contributed by atoms with Gasteiger partial charge in [0, 0.05) is 12.0 Å². The highest BCUT2D eigenvalue weighted by Crippen LogP contribution is 2.14. The van der Waals surface area contributed by atoms with Gasteiger partial charge in [-0.15, -0.1) is 0 Å². The van der Waals surface area contributed by atoms with Gasteiger partial charge in [-0.2, -0.15) is 0 Å². The quantitative estimate of drug-likeness (QED) is 0.568. The number of hydrogen-bond acceptors (Lipinski definition) is 3. The molecule has 1 atom stereocenters. The van der Waals surface area contributed by atoms with Gasteiger partial charge in [0.05, 0.1) is 7.11 Å². The van der Waals surface area contributed by atoms with Crippen LogP contribution in [0, 0.1) is 0 Å². The summed E-state index contributed by atoms with van der Waals surface area (Å²) < 4.78 is 5.17. The minimum Gasteiger partial charge on any atom is -0.497 e. The smallest absolute Gasteiger partial charge is 0.326 e. The number of carboxylic acids is 1. The van der Waals surface area contributed by atoms with Crippen molar-refractivity contribution in [2.24, 2.45) is 0 Å². The summed E-state index contributed by atoms with van der Waals surface area (Å²) in [5, 5.41) is 12.1. The highest BCUT2D eigenvalue weighted by atomic mass is 16.5. The standard InChI is InChI=1S/C25H25NO4/c1-30-22-15-11-19(12-16-22)8-7-18-9-13-21(14-10-18)24(27)26-23(25(28)29)17-20-5-3-2-4-6-20/h2-6,9-16,23H,7-8,17H2,1H3,(H,26,27)(H,28,29)/t23-/m0/s1. The first-order chi connectivity index (χ1) is 14.5. The molecule has 0 heterocycles. The molecule has 0 fully saturated rings. The number of hydrogen-bond donors (Lipinski definition) is 2. The molecule has 0 aliphatic heterocycles. The van der Waals surface area contributed by atoms with E-state index in [9.17, 15) is 14.7 Å². The normalized spacial score (nSPS) is 11.5. The average Bonchev–Trinajstić information content (AvgIpc) is 2.78. The van der Waals surface area contributed by atoms with Crippen molar-refractivity contribution in [3.8, 4) is 5.75 Å². The largest absolute Gasteiger partial charge is 0.497 e. The Labute approximate surface area is 176 Å². The van der Waals surface area contributed by atoms with E-state index in [4.69, 9.17) is 4.74 Å². The Balaban J connectivity index is 1.57. The fourth-order valence-electron chi connectivity index (χ4n) is 3.20. The molecule has 30 heavy (non-hydrogen) atoms. The Kier molecular flexibility index (Phi) is 7.22. The molecule has 154 valence electrons. The Morgan fingerprint density at radius 3 is 1.93 bits per heavy atom. The number of nitrogens with one attached hydrogen (secondary N) is 1. The second-order valence-electron chi connectivity index (χ2n) is 7.10. The Morgan fingerprint density at radius 2 is 1.40 bits per heavy atom. The number of benzene rings is 3. The minimum absolute atomic E-state index is 0.238. The first kappa shape index (κ1) is 21.1. The van der Waals surface area contributed by atoms with Crippen molar-refractivity contribution in [1.29, 1.82) is 0 Å². The van der Waals surface area contributed by atoms with Crippen LogP contribution in [0.1, 0.15) is 27.0 Å². The van der Waals surface area contributed by atoms with Crippen LogP contribution in [0.3, 0.4) is 0 Å². The van der Waals surface area contributed by atoms with Gasteiger partial charge < -0.3 is 15.2 Å². The van der Waals surface area contributed by atoms with Crippen LogP contribution in [0.15, 0.2) is 78.9 Å². The van der Waals surface area contributed by atoms with Crippen LogP contribution < -0.4 is 10.1 Å². The summed E-state index contributed by atoms with van der Waals surface area (Å²) >= 11 is 0. The molecule has 0 unspecified atom stereocenters. The fraction of sp³-hybridized carbons (Fsp3) is 0.200. The third-order valence-corrected chi connectivity index (χ3v) is 4.96. The maximum Gasteiger partial charge on any atom is 0.326 e. The molecular weight excluding hydrogens is 378 g/mol. The van der Waals surface area contributed by atoms with Gasteiger partial charge >= 0.3 is 5.97 Å². The van der Waals surface area contributed by atoms with Gasteiger partial charge in [-0.05, 0) is 53.8 Å². The molecule has 3 aromatic carbocycles. The summed E-state index contributed by atoms with van der Waals surface area (Å²) in [5.74, 6) is -0.607. The number of methoxy groups -OCH3 is 1. The molecule has 1 amide bonds. The molecular formula is C25H25NO4. The molecule has 0 aliphatic rings.